The van der Waals surface area contributed by atoms with Crippen LogP contribution in [-0.4, -0.2) is 173 Å². The SMILES string of the molecule is O=P(O)(O)OC[C@H]1O[C@H](OC[C@H]2O[C@H](O)[C@@H](O)[C@@H](O)[C@@H]2O)[C@@H](O[C@H]2O[C@H](CO)[C@@H](O)[C@H](O)[C@@H]2O)[C@@H](O)[C@@H]1O. The smallest absolute Gasteiger partial charge is 0.394 e. The van der Waals surface area contributed by atoms with Gasteiger partial charge >= 0.3 is 7.82 Å². The van der Waals surface area contributed by atoms with Crippen molar-refractivity contribution in [3.63, 3.8) is 0 Å². The molecule has 0 radical (unpaired) electrons. The monoisotopic (exact) mass is 584 g/mol. The zero-order valence-corrected chi connectivity index (χ0v) is 20.3. The number of hydrogen-bond donors (Lipinski definition) is 12. The summed E-state index contributed by atoms with van der Waals surface area (Å²) in [4.78, 5) is 17.9. The van der Waals surface area contributed by atoms with Gasteiger partial charge in [0.2, 0.25) is 0 Å². The standard InChI is InChI=1S/C18H33O19P/c19-1-4-7(20)11(24)14(27)17(35-4)37-15-12(25)9(22)6(3-33-38(29,30)31)36-18(15)32-2-5-8(21)10(23)13(26)16(28)34-5/h4-28H,1-3H2,(H2,29,30,31)/t4-,5-,6-,7-,8-,9-,10+,11+,12+,13+,14+,15+,16+,17-,18+/m1/s1. The number of rotatable bonds is 9. The molecule has 3 aliphatic rings. The summed E-state index contributed by atoms with van der Waals surface area (Å²) in [6.07, 6.45) is -26.9. The molecule has 0 amide bonds. The molecule has 38 heavy (non-hydrogen) atoms. The molecule has 3 saturated heterocycles. The van der Waals surface area contributed by atoms with Crippen molar-refractivity contribution < 1.29 is 93.6 Å². The highest BCUT2D eigenvalue weighted by Gasteiger charge is 2.52. The van der Waals surface area contributed by atoms with Gasteiger partial charge in [-0.1, -0.05) is 0 Å². The average molecular weight is 584 g/mol. The van der Waals surface area contributed by atoms with Gasteiger partial charge in [0, 0.05) is 0 Å². The molecule has 19 nitrogen and oxygen atoms in total. The van der Waals surface area contributed by atoms with Crippen LogP contribution in [0.15, 0.2) is 0 Å². The van der Waals surface area contributed by atoms with Gasteiger partial charge in [-0.25, -0.2) is 4.57 Å². The van der Waals surface area contributed by atoms with Crippen LogP contribution in [0.25, 0.3) is 0 Å². The van der Waals surface area contributed by atoms with E-state index in [2.05, 4.69) is 4.52 Å². The normalized spacial score (nSPS) is 48.7. The van der Waals surface area contributed by atoms with Gasteiger partial charge in [0.15, 0.2) is 18.9 Å². The summed E-state index contributed by atoms with van der Waals surface area (Å²) in [5.74, 6) is 0. The maximum absolute atomic E-state index is 11.1. The molecule has 3 rings (SSSR count). The lowest BCUT2D eigenvalue weighted by molar-refractivity contribution is -0.372. The number of aliphatic hydroxyl groups excluding tert-OH is 10. The lowest BCUT2D eigenvalue weighted by atomic mass is 9.97. The van der Waals surface area contributed by atoms with E-state index < -0.39 is 120 Å². The molecule has 0 aromatic heterocycles. The first-order valence-electron chi connectivity index (χ1n) is 11.3. The van der Waals surface area contributed by atoms with E-state index in [1.54, 1.807) is 0 Å². The van der Waals surface area contributed by atoms with Gasteiger partial charge in [0.1, 0.15) is 73.2 Å². The van der Waals surface area contributed by atoms with Gasteiger partial charge in [-0.2, -0.15) is 0 Å². The van der Waals surface area contributed by atoms with Crippen molar-refractivity contribution in [2.24, 2.45) is 0 Å². The minimum Gasteiger partial charge on any atom is -0.394 e. The van der Waals surface area contributed by atoms with Gasteiger partial charge in [-0.15, -0.1) is 0 Å². The van der Waals surface area contributed by atoms with Crippen LogP contribution in [0.1, 0.15) is 0 Å². The molecule has 3 aliphatic heterocycles. The molecule has 0 unspecified atom stereocenters. The Labute approximate surface area is 214 Å². The quantitative estimate of drug-likeness (QED) is 0.112. The third-order valence-electron chi connectivity index (χ3n) is 6.30. The predicted octanol–water partition coefficient (Wildman–Crippen LogP) is -7.46. The Morgan fingerprint density at radius 2 is 1.13 bits per heavy atom. The Kier molecular flexibility index (Phi) is 11.0. The second kappa shape index (κ2) is 13.0. The molecule has 3 heterocycles. The first-order valence-corrected chi connectivity index (χ1v) is 12.9. The Morgan fingerprint density at radius 1 is 0.605 bits per heavy atom. The van der Waals surface area contributed by atoms with E-state index in [0.29, 0.717) is 0 Å². The largest absolute Gasteiger partial charge is 0.469 e. The molecule has 224 valence electrons. The topological polar surface area (TPSA) is 315 Å². The second-order valence-electron chi connectivity index (χ2n) is 8.98. The molecule has 0 saturated carbocycles. The van der Waals surface area contributed by atoms with Gasteiger partial charge in [0.25, 0.3) is 0 Å². The highest BCUT2D eigenvalue weighted by Crippen LogP contribution is 2.38. The first kappa shape index (κ1) is 32.0. The highest BCUT2D eigenvalue weighted by atomic mass is 31.2. The molecular weight excluding hydrogens is 551 g/mol. The first-order chi connectivity index (χ1) is 17.7. The van der Waals surface area contributed by atoms with Crippen molar-refractivity contribution in [2.75, 3.05) is 19.8 Å². The van der Waals surface area contributed by atoms with E-state index in [1.807, 2.05) is 0 Å². The van der Waals surface area contributed by atoms with Gasteiger partial charge in [0.05, 0.1) is 19.8 Å². The van der Waals surface area contributed by atoms with Gasteiger partial charge in [-0.05, 0) is 0 Å². The summed E-state index contributed by atoms with van der Waals surface area (Å²) in [7, 11) is -5.04. The van der Waals surface area contributed by atoms with Crippen LogP contribution in [0.2, 0.25) is 0 Å². The molecule has 15 atom stereocenters. The molecule has 0 aromatic carbocycles. The van der Waals surface area contributed by atoms with E-state index in [1.165, 1.54) is 0 Å². The summed E-state index contributed by atoms with van der Waals surface area (Å²) in [6.45, 7) is -2.50. The fourth-order valence-electron chi connectivity index (χ4n) is 4.09. The van der Waals surface area contributed by atoms with Crippen LogP contribution in [0.3, 0.4) is 0 Å². The van der Waals surface area contributed by atoms with E-state index in [4.69, 9.17) is 33.5 Å². The van der Waals surface area contributed by atoms with Gasteiger partial charge < -0.3 is 84.5 Å². The summed E-state index contributed by atoms with van der Waals surface area (Å²) in [5.41, 5.74) is 0. The maximum atomic E-state index is 11.1. The van der Waals surface area contributed by atoms with Crippen molar-refractivity contribution >= 4 is 7.82 Å². The van der Waals surface area contributed by atoms with Crippen LogP contribution in [-0.2, 0) is 32.8 Å². The Morgan fingerprint density at radius 3 is 1.74 bits per heavy atom. The van der Waals surface area contributed by atoms with Crippen molar-refractivity contribution in [1.82, 2.24) is 0 Å². The average Bonchev–Trinajstić information content (AvgIpc) is 2.86. The van der Waals surface area contributed by atoms with Crippen LogP contribution >= 0.6 is 7.82 Å². The van der Waals surface area contributed by atoms with Crippen molar-refractivity contribution in [3.8, 4) is 0 Å². The highest BCUT2D eigenvalue weighted by molar-refractivity contribution is 7.46. The van der Waals surface area contributed by atoms with Crippen molar-refractivity contribution in [2.45, 2.75) is 92.1 Å². The molecule has 12 N–H and O–H groups in total. The molecule has 0 spiro atoms. The molecule has 20 heteroatoms. The number of hydrogen-bond acceptors (Lipinski definition) is 17. The summed E-state index contributed by atoms with van der Waals surface area (Å²) in [5, 5.41) is 100.0. The zero-order valence-electron chi connectivity index (χ0n) is 19.5. The summed E-state index contributed by atoms with van der Waals surface area (Å²) in [6, 6.07) is 0. The predicted molar refractivity (Wildman–Crippen MR) is 112 cm³/mol. The van der Waals surface area contributed by atoms with Crippen molar-refractivity contribution in [1.29, 1.82) is 0 Å². The van der Waals surface area contributed by atoms with Gasteiger partial charge in [-0.3, -0.25) is 4.52 Å². The van der Waals surface area contributed by atoms with Crippen LogP contribution in [0.4, 0.5) is 0 Å². The molecular formula is C18H33O19P. The number of aliphatic hydroxyl groups is 10. The van der Waals surface area contributed by atoms with Crippen LogP contribution in [0, 0.1) is 0 Å². The second-order valence-corrected chi connectivity index (χ2v) is 10.2. The Bertz CT molecular complexity index is 798. The number of phosphoric ester groups is 1. The Balaban J connectivity index is 1.78. The molecule has 0 bridgehead atoms. The van der Waals surface area contributed by atoms with E-state index >= 15 is 0 Å². The van der Waals surface area contributed by atoms with Crippen molar-refractivity contribution in [3.05, 3.63) is 0 Å². The maximum Gasteiger partial charge on any atom is 0.469 e. The summed E-state index contributed by atoms with van der Waals surface area (Å²) >= 11 is 0. The molecule has 0 aliphatic carbocycles. The van der Waals surface area contributed by atoms with E-state index in [0.717, 1.165) is 0 Å². The minimum absolute atomic E-state index is 0.726. The summed E-state index contributed by atoms with van der Waals surface area (Å²) < 4.78 is 41.9. The minimum atomic E-state index is -5.04. The fourth-order valence-corrected chi connectivity index (χ4v) is 4.43. The Hall–Kier alpha value is -0.490. The molecule has 0 aromatic rings. The van der Waals surface area contributed by atoms with E-state index in [-0.39, 0.29) is 0 Å². The number of ether oxygens (including phenoxy) is 5. The third kappa shape index (κ3) is 7.22. The number of phosphoric acid groups is 1. The zero-order chi connectivity index (χ0) is 28.5. The molecule has 3 fully saturated rings. The van der Waals surface area contributed by atoms with E-state index in [9.17, 15) is 55.6 Å². The van der Waals surface area contributed by atoms with Crippen LogP contribution < -0.4 is 0 Å². The lowest BCUT2D eigenvalue weighted by Crippen LogP contribution is -2.65. The lowest BCUT2D eigenvalue weighted by Gasteiger charge is -2.46. The fraction of sp³-hybridized carbons (Fsp3) is 1.00. The third-order valence-corrected chi connectivity index (χ3v) is 6.79. The van der Waals surface area contributed by atoms with Crippen LogP contribution in [0.5, 0.6) is 0 Å².